The fourth-order valence-electron chi connectivity index (χ4n) is 3.40. The molecule has 3 atom stereocenters. The van der Waals surface area contributed by atoms with Crippen molar-refractivity contribution in [3.05, 3.63) is 59.9 Å². The number of sulfonamides is 1. The molecule has 1 aromatic heterocycles. The minimum absolute atomic E-state index is 0.203. The molecule has 1 saturated heterocycles. The lowest BCUT2D eigenvalue weighted by atomic mass is 9.97. The van der Waals surface area contributed by atoms with Crippen LogP contribution in [0.1, 0.15) is 35.3 Å². The normalized spacial score (nSPS) is 21.9. The minimum atomic E-state index is -3.57. The molecule has 9 heteroatoms. The van der Waals surface area contributed by atoms with E-state index in [9.17, 15) is 18.3 Å². The Balaban J connectivity index is 1.49. The summed E-state index contributed by atoms with van der Waals surface area (Å²) in [4.78, 5) is 16.6. The number of hydrogen-bond acceptors (Lipinski definition) is 6. The SMILES string of the molecule is Cc1ccc(S(=O)(=O)NCC[C@@H]2CC[C@@H](NC(=O)c3ccccn3)[C@@H](CO)O2)cc1. The van der Waals surface area contributed by atoms with E-state index >= 15 is 0 Å². The van der Waals surface area contributed by atoms with E-state index in [1.165, 1.54) is 0 Å². The number of aliphatic hydroxyl groups is 1. The molecular weight excluding hydrogens is 406 g/mol. The Morgan fingerprint density at radius 3 is 2.63 bits per heavy atom. The standard InChI is InChI=1S/C21H27N3O5S/c1-15-5-8-17(9-6-15)30(27,28)23-13-11-16-7-10-18(20(14-25)29-16)24-21(26)19-4-2-3-12-22-19/h2-6,8-9,12,16,18,20,23,25H,7,10-11,13-14H2,1H3,(H,24,26)/t16-,18+,20+/m0/s1. The van der Waals surface area contributed by atoms with Gasteiger partial charge in [0.05, 0.1) is 23.6 Å². The van der Waals surface area contributed by atoms with Crippen LogP contribution in [0, 0.1) is 6.92 Å². The van der Waals surface area contributed by atoms with Gasteiger partial charge in [-0.25, -0.2) is 13.1 Å². The van der Waals surface area contributed by atoms with E-state index in [4.69, 9.17) is 4.74 Å². The molecule has 2 heterocycles. The van der Waals surface area contributed by atoms with Gasteiger partial charge in [-0.3, -0.25) is 9.78 Å². The first-order valence-corrected chi connectivity index (χ1v) is 11.4. The van der Waals surface area contributed by atoms with E-state index in [-0.39, 0.29) is 36.1 Å². The first kappa shape index (κ1) is 22.4. The molecule has 2 aromatic rings. The van der Waals surface area contributed by atoms with Crippen LogP contribution in [-0.2, 0) is 14.8 Å². The van der Waals surface area contributed by atoms with Gasteiger partial charge in [0.2, 0.25) is 10.0 Å². The summed E-state index contributed by atoms with van der Waals surface area (Å²) in [6.45, 7) is 1.89. The summed E-state index contributed by atoms with van der Waals surface area (Å²) >= 11 is 0. The maximum Gasteiger partial charge on any atom is 0.270 e. The van der Waals surface area contributed by atoms with Crippen molar-refractivity contribution in [2.75, 3.05) is 13.2 Å². The zero-order valence-electron chi connectivity index (χ0n) is 16.8. The lowest BCUT2D eigenvalue weighted by Crippen LogP contribution is -2.51. The molecule has 0 unspecified atom stereocenters. The lowest BCUT2D eigenvalue weighted by molar-refractivity contribution is -0.0891. The molecule has 1 fully saturated rings. The Hall–Kier alpha value is -2.33. The predicted octanol–water partition coefficient (Wildman–Crippen LogP) is 1.40. The van der Waals surface area contributed by atoms with Crippen LogP contribution in [0.3, 0.4) is 0 Å². The van der Waals surface area contributed by atoms with Crippen molar-refractivity contribution in [1.82, 2.24) is 15.0 Å². The van der Waals surface area contributed by atoms with Gasteiger partial charge >= 0.3 is 0 Å². The predicted molar refractivity (Wildman–Crippen MR) is 111 cm³/mol. The number of hydrogen-bond donors (Lipinski definition) is 3. The van der Waals surface area contributed by atoms with E-state index in [0.717, 1.165) is 5.56 Å². The highest BCUT2D eigenvalue weighted by atomic mass is 32.2. The van der Waals surface area contributed by atoms with Gasteiger partial charge in [-0.15, -0.1) is 0 Å². The summed E-state index contributed by atoms with van der Waals surface area (Å²) in [5.74, 6) is -0.313. The molecule has 8 nitrogen and oxygen atoms in total. The number of aliphatic hydroxyl groups excluding tert-OH is 1. The third kappa shape index (κ3) is 5.85. The second kappa shape index (κ2) is 10.1. The minimum Gasteiger partial charge on any atom is -0.394 e. The Bertz CT molecular complexity index is 935. The molecule has 1 aliphatic rings. The molecule has 1 aliphatic heterocycles. The number of aromatic nitrogens is 1. The van der Waals surface area contributed by atoms with Crippen molar-refractivity contribution < 1.29 is 23.1 Å². The summed E-state index contributed by atoms with van der Waals surface area (Å²) in [7, 11) is -3.57. The molecule has 1 aromatic carbocycles. The molecule has 30 heavy (non-hydrogen) atoms. The zero-order chi connectivity index (χ0) is 21.6. The number of aryl methyl sites for hydroxylation is 1. The van der Waals surface area contributed by atoms with E-state index in [1.807, 2.05) is 6.92 Å². The number of carbonyl (C=O) groups is 1. The Morgan fingerprint density at radius 1 is 1.20 bits per heavy atom. The van der Waals surface area contributed by atoms with Crippen LogP contribution in [0.25, 0.3) is 0 Å². The Kier molecular flexibility index (Phi) is 7.54. The summed E-state index contributed by atoms with van der Waals surface area (Å²) in [6.07, 6.45) is 2.54. The number of amides is 1. The average Bonchev–Trinajstić information content (AvgIpc) is 2.75. The molecule has 1 amide bonds. The molecule has 0 radical (unpaired) electrons. The third-order valence-electron chi connectivity index (χ3n) is 5.10. The van der Waals surface area contributed by atoms with Crippen LogP contribution in [0.2, 0.25) is 0 Å². The fraction of sp³-hybridized carbons (Fsp3) is 0.429. The number of ether oxygens (including phenoxy) is 1. The second-order valence-corrected chi connectivity index (χ2v) is 9.12. The van der Waals surface area contributed by atoms with Gasteiger partial charge in [-0.1, -0.05) is 23.8 Å². The first-order valence-electron chi connectivity index (χ1n) is 9.93. The second-order valence-electron chi connectivity index (χ2n) is 7.35. The molecule has 3 rings (SSSR count). The highest BCUT2D eigenvalue weighted by Crippen LogP contribution is 2.22. The van der Waals surface area contributed by atoms with Gasteiger partial charge in [0.1, 0.15) is 11.8 Å². The van der Waals surface area contributed by atoms with Crippen molar-refractivity contribution in [3.8, 4) is 0 Å². The summed E-state index contributed by atoms with van der Waals surface area (Å²) in [5, 5.41) is 12.6. The van der Waals surface area contributed by atoms with Gasteiger partial charge in [-0.2, -0.15) is 0 Å². The van der Waals surface area contributed by atoms with Crippen LogP contribution in [0.4, 0.5) is 0 Å². The third-order valence-corrected chi connectivity index (χ3v) is 6.58. The van der Waals surface area contributed by atoms with E-state index in [1.54, 1.807) is 48.7 Å². The van der Waals surface area contributed by atoms with Crippen LogP contribution >= 0.6 is 0 Å². The number of nitrogens with zero attached hydrogens (tertiary/aromatic N) is 1. The molecule has 162 valence electrons. The summed E-state index contributed by atoms with van der Waals surface area (Å²) in [6, 6.07) is 11.4. The first-order chi connectivity index (χ1) is 14.4. The maximum absolute atomic E-state index is 12.4. The van der Waals surface area contributed by atoms with E-state index in [2.05, 4.69) is 15.0 Å². The van der Waals surface area contributed by atoms with Gasteiger partial charge in [-0.05, 0) is 50.5 Å². The number of nitrogens with one attached hydrogen (secondary N) is 2. The highest BCUT2D eigenvalue weighted by molar-refractivity contribution is 7.89. The monoisotopic (exact) mass is 433 g/mol. The van der Waals surface area contributed by atoms with Gasteiger partial charge in [0, 0.05) is 12.7 Å². The number of rotatable bonds is 8. The molecule has 0 aliphatic carbocycles. The quantitative estimate of drug-likeness (QED) is 0.579. The van der Waals surface area contributed by atoms with E-state index < -0.39 is 16.1 Å². The summed E-state index contributed by atoms with van der Waals surface area (Å²) in [5.41, 5.74) is 1.30. The van der Waals surface area contributed by atoms with E-state index in [0.29, 0.717) is 25.0 Å². The van der Waals surface area contributed by atoms with Crippen LogP contribution in [0.5, 0.6) is 0 Å². The number of carbonyl (C=O) groups excluding carboxylic acids is 1. The largest absolute Gasteiger partial charge is 0.394 e. The van der Waals surface area contributed by atoms with Crippen molar-refractivity contribution >= 4 is 15.9 Å². The fourth-order valence-corrected chi connectivity index (χ4v) is 4.45. The highest BCUT2D eigenvalue weighted by Gasteiger charge is 2.32. The van der Waals surface area contributed by atoms with Crippen molar-refractivity contribution in [1.29, 1.82) is 0 Å². The summed E-state index contributed by atoms with van der Waals surface area (Å²) < 4.78 is 33.2. The van der Waals surface area contributed by atoms with Gasteiger partial charge in [0.15, 0.2) is 0 Å². The lowest BCUT2D eigenvalue weighted by Gasteiger charge is -2.36. The molecule has 0 saturated carbocycles. The van der Waals surface area contributed by atoms with Crippen molar-refractivity contribution in [3.63, 3.8) is 0 Å². The zero-order valence-corrected chi connectivity index (χ0v) is 17.6. The average molecular weight is 434 g/mol. The molecule has 3 N–H and O–H groups in total. The molecule has 0 spiro atoms. The molecule has 0 bridgehead atoms. The number of pyridine rings is 1. The van der Waals surface area contributed by atoms with Crippen LogP contribution in [0.15, 0.2) is 53.6 Å². The maximum atomic E-state index is 12.4. The van der Waals surface area contributed by atoms with Gasteiger partial charge < -0.3 is 15.2 Å². The van der Waals surface area contributed by atoms with Crippen molar-refractivity contribution in [2.24, 2.45) is 0 Å². The van der Waals surface area contributed by atoms with Crippen LogP contribution < -0.4 is 10.0 Å². The number of benzene rings is 1. The Morgan fingerprint density at radius 2 is 1.97 bits per heavy atom. The topological polar surface area (TPSA) is 118 Å². The van der Waals surface area contributed by atoms with Crippen LogP contribution in [-0.4, -0.2) is 55.8 Å². The molecular formula is C21H27N3O5S. The van der Waals surface area contributed by atoms with Gasteiger partial charge in [0.25, 0.3) is 5.91 Å². The smallest absolute Gasteiger partial charge is 0.270 e. The van der Waals surface area contributed by atoms with Crippen molar-refractivity contribution in [2.45, 2.75) is 49.3 Å². The Labute approximate surface area is 176 Å².